The van der Waals surface area contributed by atoms with Crippen LogP contribution in [0, 0.1) is 5.92 Å². The summed E-state index contributed by atoms with van der Waals surface area (Å²) in [5.41, 5.74) is 2.06. The zero-order valence-electron chi connectivity index (χ0n) is 18.9. The summed E-state index contributed by atoms with van der Waals surface area (Å²) >= 11 is 12.9. The summed E-state index contributed by atoms with van der Waals surface area (Å²) in [7, 11) is 1.51. The molecule has 9 nitrogen and oxygen atoms in total. The summed E-state index contributed by atoms with van der Waals surface area (Å²) in [5, 5.41) is 14.4. The number of hydrogen-bond donors (Lipinski definition) is 1. The van der Waals surface area contributed by atoms with Crippen LogP contribution in [0.4, 0.5) is 11.6 Å². The molecule has 0 unspecified atom stereocenters. The van der Waals surface area contributed by atoms with Crippen LogP contribution in [0.2, 0.25) is 10.0 Å². The number of H-pyrrole nitrogens is 1. The second-order valence-corrected chi connectivity index (χ2v) is 9.28. The molecule has 34 heavy (non-hydrogen) atoms. The summed E-state index contributed by atoms with van der Waals surface area (Å²) in [5.74, 6) is -0.446. The standard InChI is InChI=1S/C23H24Cl2N6O3/c1-13(2)12-31-18-9-8-14(24)10-16(18)21(15-6-4-5-7-17(15)25)34-19(22(31)33)11-20(32)30(3)23-26-28-29-27-23/h4-10,13,19,21H,11-12H2,1-3H3,(H,26,27,28,29)/t19-,21-/m0/s1. The number of halogens is 2. The first-order valence-corrected chi connectivity index (χ1v) is 11.5. The van der Waals surface area contributed by atoms with Gasteiger partial charge >= 0.3 is 0 Å². The lowest BCUT2D eigenvalue weighted by molar-refractivity contribution is -0.137. The maximum atomic E-state index is 13.7. The molecule has 2 heterocycles. The number of carbonyl (C=O) groups is 2. The average Bonchev–Trinajstić information content (AvgIpc) is 3.32. The van der Waals surface area contributed by atoms with Gasteiger partial charge in [-0.25, -0.2) is 0 Å². The van der Waals surface area contributed by atoms with Gasteiger partial charge in [-0.3, -0.25) is 14.5 Å². The molecule has 1 aliphatic rings. The van der Waals surface area contributed by atoms with E-state index in [1.54, 1.807) is 29.2 Å². The van der Waals surface area contributed by atoms with E-state index in [-0.39, 0.29) is 24.2 Å². The van der Waals surface area contributed by atoms with Crippen molar-refractivity contribution in [3.05, 3.63) is 63.6 Å². The summed E-state index contributed by atoms with van der Waals surface area (Å²) in [6, 6.07) is 12.6. The topological polar surface area (TPSA) is 104 Å². The van der Waals surface area contributed by atoms with Crippen LogP contribution in [0.15, 0.2) is 42.5 Å². The maximum absolute atomic E-state index is 13.7. The van der Waals surface area contributed by atoms with E-state index in [0.717, 1.165) is 0 Å². The van der Waals surface area contributed by atoms with Crippen LogP contribution in [0.3, 0.4) is 0 Å². The molecule has 1 aliphatic heterocycles. The Labute approximate surface area is 207 Å². The van der Waals surface area contributed by atoms with Crippen molar-refractivity contribution in [2.75, 3.05) is 23.4 Å². The van der Waals surface area contributed by atoms with Crippen LogP contribution < -0.4 is 9.80 Å². The quantitative estimate of drug-likeness (QED) is 0.545. The Bertz CT molecular complexity index is 1190. The Morgan fingerprint density at radius 2 is 1.97 bits per heavy atom. The molecule has 3 aromatic rings. The third-order valence-corrected chi connectivity index (χ3v) is 6.09. The van der Waals surface area contributed by atoms with Gasteiger partial charge in [-0.2, -0.15) is 5.21 Å². The Hall–Kier alpha value is -3.01. The van der Waals surface area contributed by atoms with Crippen molar-refractivity contribution in [2.45, 2.75) is 32.5 Å². The molecule has 0 fully saturated rings. The SMILES string of the molecule is CC(C)CN1C(=O)[C@H](CC(=O)N(C)c2nn[nH]n2)O[C@@H](c2ccccc2Cl)c2cc(Cl)ccc21. The molecule has 4 rings (SSSR count). The van der Waals surface area contributed by atoms with Gasteiger partial charge in [0.05, 0.1) is 6.42 Å². The van der Waals surface area contributed by atoms with Gasteiger partial charge in [-0.1, -0.05) is 60.3 Å². The number of nitrogens with one attached hydrogen (secondary N) is 1. The van der Waals surface area contributed by atoms with Gasteiger partial charge in [0.15, 0.2) is 0 Å². The zero-order valence-corrected chi connectivity index (χ0v) is 20.4. The highest BCUT2D eigenvalue weighted by Crippen LogP contribution is 2.42. The van der Waals surface area contributed by atoms with Crippen LogP contribution in [0.25, 0.3) is 0 Å². The highest BCUT2D eigenvalue weighted by molar-refractivity contribution is 6.31. The van der Waals surface area contributed by atoms with E-state index in [2.05, 4.69) is 20.6 Å². The fraction of sp³-hybridized carbons (Fsp3) is 0.348. The molecular formula is C23H24Cl2N6O3. The van der Waals surface area contributed by atoms with E-state index in [4.69, 9.17) is 27.9 Å². The van der Waals surface area contributed by atoms with Crippen LogP contribution in [0.1, 0.15) is 37.5 Å². The summed E-state index contributed by atoms with van der Waals surface area (Å²) < 4.78 is 6.38. The highest BCUT2D eigenvalue weighted by atomic mass is 35.5. The van der Waals surface area contributed by atoms with Crippen molar-refractivity contribution in [1.82, 2.24) is 20.6 Å². The number of hydrogen-bond acceptors (Lipinski definition) is 6. The number of nitrogens with zero attached hydrogens (tertiary/aromatic N) is 5. The lowest BCUT2D eigenvalue weighted by Crippen LogP contribution is -2.44. The summed E-state index contributed by atoms with van der Waals surface area (Å²) in [4.78, 5) is 29.7. The maximum Gasteiger partial charge on any atom is 0.272 e. The van der Waals surface area contributed by atoms with Crippen molar-refractivity contribution in [1.29, 1.82) is 0 Å². The van der Waals surface area contributed by atoms with Crippen molar-refractivity contribution in [3.63, 3.8) is 0 Å². The number of carbonyl (C=O) groups excluding carboxylic acids is 2. The molecule has 0 aliphatic carbocycles. The average molecular weight is 503 g/mol. The van der Waals surface area contributed by atoms with E-state index < -0.39 is 18.1 Å². The van der Waals surface area contributed by atoms with Crippen molar-refractivity contribution < 1.29 is 14.3 Å². The fourth-order valence-corrected chi connectivity index (χ4v) is 4.31. The molecule has 0 saturated heterocycles. The lowest BCUT2D eigenvalue weighted by Gasteiger charge is -2.27. The van der Waals surface area contributed by atoms with Gasteiger partial charge in [0.1, 0.15) is 12.2 Å². The summed E-state index contributed by atoms with van der Waals surface area (Å²) in [6.07, 6.45) is -2.01. The van der Waals surface area contributed by atoms with Crippen LogP contribution in [0.5, 0.6) is 0 Å². The first-order chi connectivity index (χ1) is 16.3. The van der Waals surface area contributed by atoms with Gasteiger partial charge in [0, 0.05) is 40.5 Å². The summed E-state index contributed by atoms with van der Waals surface area (Å²) in [6.45, 7) is 4.48. The minimum absolute atomic E-state index is 0.0998. The van der Waals surface area contributed by atoms with Crippen LogP contribution in [-0.2, 0) is 14.3 Å². The van der Waals surface area contributed by atoms with E-state index in [9.17, 15) is 9.59 Å². The van der Waals surface area contributed by atoms with E-state index >= 15 is 0 Å². The predicted molar refractivity (Wildman–Crippen MR) is 129 cm³/mol. The number of aromatic nitrogens is 4. The van der Waals surface area contributed by atoms with Gasteiger partial charge in [-0.15, -0.1) is 5.10 Å². The van der Waals surface area contributed by atoms with Gasteiger partial charge in [0.25, 0.3) is 11.9 Å². The first kappa shape index (κ1) is 24.1. The normalized spacial score (nSPS) is 18.1. The number of fused-ring (bicyclic) bond motifs is 1. The van der Waals surface area contributed by atoms with E-state index in [0.29, 0.717) is 33.4 Å². The lowest BCUT2D eigenvalue weighted by atomic mass is 9.99. The Morgan fingerprint density at radius 1 is 1.21 bits per heavy atom. The number of anilines is 2. The van der Waals surface area contributed by atoms with Crippen LogP contribution in [-0.4, -0.2) is 52.1 Å². The Morgan fingerprint density at radius 3 is 2.65 bits per heavy atom. The van der Waals surface area contributed by atoms with E-state index in [1.165, 1.54) is 11.9 Å². The minimum Gasteiger partial charge on any atom is -0.355 e. The number of ether oxygens (including phenoxy) is 1. The number of tetrazole rings is 1. The second kappa shape index (κ2) is 10.1. The monoisotopic (exact) mass is 502 g/mol. The first-order valence-electron chi connectivity index (χ1n) is 10.8. The molecule has 11 heteroatoms. The molecule has 2 atom stereocenters. The number of rotatable bonds is 6. The van der Waals surface area contributed by atoms with Crippen molar-refractivity contribution in [3.8, 4) is 0 Å². The molecule has 178 valence electrons. The molecule has 2 amide bonds. The van der Waals surface area contributed by atoms with Gasteiger partial charge in [0.2, 0.25) is 5.91 Å². The molecular weight excluding hydrogens is 479 g/mol. The Kier molecular flexibility index (Phi) is 7.16. The van der Waals surface area contributed by atoms with Gasteiger partial charge in [-0.05, 0) is 35.4 Å². The molecule has 0 radical (unpaired) electrons. The minimum atomic E-state index is -1.08. The molecule has 0 spiro atoms. The largest absolute Gasteiger partial charge is 0.355 e. The molecule has 2 aromatic carbocycles. The Balaban J connectivity index is 1.78. The number of aromatic amines is 1. The molecule has 0 saturated carbocycles. The fourth-order valence-electron chi connectivity index (χ4n) is 3.89. The van der Waals surface area contributed by atoms with Gasteiger partial charge < -0.3 is 9.64 Å². The molecule has 1 aromatic heterocycles. The third kappa shape index (κ3) is 4.91. The molecule has 1 N–H and O–H groups in total. The molecule has 0 bridgehead atoms. The number of benzene rings is 2. The van der Waals surface area contributed by atoms with Crippen molar-refractivity contribution >= 4 is 46.7 Å². The van der Waals surface area contributed by atoms with E-state index in [1.807, 2.05) is 32.0 Å². The number of amides is 2. The zero-order chi connectivity index (χ0) is 24.4. The predicted octanol–water partition coefficient (Wildman–Crippen LogP) is 4.04. The van der Waals surface area contributed by atoms with Crippen molar-refractivity contribution in [2.24, 2.45) is 5.92 Å². The third-order valence-electron chi connectivity index (χ3n) is 5.51. The van der Waals surface area contributed by atoms with Crippen LogP contribution >= 0.6 is 23.2 Å². The smallest absolute Gasteiger partial charge is 0.272 e. The highest BCUT2D eigenvalue weighted by Gasteiger charge is 2.39. The second-order valence-electron chi connectivity index (χ2n) is 8.44.